The molecule has 0 aliphatic heterocycles. The second kappa shape index (κ2) is 4.53. The normalized spacial score (nSPS) is 11.1. The third-order valence-corrected chi connectivity index (χ3v) is 3.41. The van der Waals surface area contributed by atoms with Crippen LogP contribution in [0.3, 0.4) is 0 Å². The maximum absolute atomic E-state index is 11.7. The lowest BCUT2D eigenvalue weighted by Crippen LogP contribution is -1.98. The van der Waals surface area contributed by atoms with Crippen molar-refractivity contribution in [3.05, 3.63) is 34.5 Å². The smallest absolute Gasteiger partial charge is 0.163 e. The number of carbonyl (C=O) groups is 1. The van der Waals surface area contributed by atoms with Gasteiger partial charge in [-0.05, 0) is 25.8 Å². The number of halogens is 1. The fraction of sp³-hybridized carbons (Fsp3) is 0.357. The summed E-state index contributed by atoms with van der Waals surface area (Å²) in [5.41, 5.74) is 2.90. The van der Waals surface area contributed by atoms with Gasteiger partial charge in [0, 0.05) is 11.9 Å². The number of nitrogens with zero attached hydrogens (tertiary/aromatic N) is 1. The SMILES string of the molecule is CCCn1c(Cl)c(C(C)=O)c2cccc(C)c21. The van der Waals surface area contributed by atoms with Crippen molar-refractivity contribution in [2.75, 3.05) is 0 Å². The first-order chi connectivity index (χ1) is 8.07. The predicted octanol–water partition coefficient (Wildman–Crippen LogP) is 4.22. The fourth-order valence-electron chi connectivity index (χ4n) is 2.33. The summed E-state index contributed by atoms with van der Waals surface area (Å²) in [7, 11) is 0. The lowest BCUT2D eigenvalue weighted by Gasteiger charge is -2.06. The van der Waals surface area contributed by atoms with Gasteiger partial charge in [0.2, 0.25) is 0 Å². The van der Waals surface area contributed by atoms with E-state index in [2.05, 4.69) is 19.9 Å². The average molecular weight is 250 g/mol. The van der Waals surface area contributed by atoms with Crippen LogP contribution in [0.15, 0.2) is 18.2 Å². The highest BCUT2D eigenvalue weighted by molar-refractivity contribution is 6.35. The van der Waals surface area contributed by atoms with E-state index in [-0.39, 0.29) is 5.78 Å². The Morgan fingerprint density at radius 2 is 2.12 bits per heavy atom. The van der Waals surface area contributed by atoms with Gasteiger partial charge in [-0.15, -0.1) is 0 Å². The largest absolute Gasteiger partial charge is 0.331 e. The van der Waals surface area contributed by atoms with Crippen molar-refractivity contribution in [2.45, 2.75) is 33.7 Å². The van der Waals surface area contributed by atoms with E-state index in [0.717, 1.165) is 29.4 Å². The van der Waals surface area contributed by atoms with Gasteiger partial charge in [-0.25, -0.2) is 0 Å². The quantitative estimate of drug-likeness (QED) is 0.747. The Morgan fingerprint density at radius 1 is 1.41 bits per heavy atom. The minimum atomic E-state index is 0.0282. The molecule has 1 aromatic carbocycles. The highest BCUT2D eigenvalue weighted by atomic mass is 35.5. The number of carbonyl (C=O) groups excluding carboxylic acids is 1. The predicted molar refractivity (Wildman–Crippen MR) is 72.0 cm³/mol. The Morgan fingerprint density at radius 3 is 2.71 bits per heavy atom. The van der Waals surface area contributed by atoms with Gasteiger partial charge in [-0.3, -0.25) is 4.79 Å². The summed E-state index contributed by atoms with van der Waals surface area (Å²) in [6, 6.07) is 5.99. The molecule has 0 atom stereocenters. The second-order valence-electron chi connectivity index (χ2n) is 4.34. The molecule has 0 fully saturated rings. The summed E-state index contributed by atoms with van der Waals surface area (Å²) in [4.78, 5) is 11.7. The monoisotopic (exact) mass is 249 g/mol. The molecule has 1 heterocycles. The molecule has 2 aromatic rings. The van der Waals surface area contributed by atoms with E-state index in [9.17, 15) is 4.79 Å². The van der Waals surface area contributed by atoms with Crippen LogP contribution in [0.4, 0.5) is 0 Å². The van der Waals surface area contributed by atoms with E-state index < -0.39 is 0 Å². The summed E-state index contributed by atoms with van der Waals surface area (Å²) in [5, 5.41) is 1.54. The summed E-state index contributed by atoms with van der Waals surface area (Å²) < 4.78 is 2.04. The van der Waals surface area contributed by atoms with E-state index >= 15 is 0 Å². The Bertz CT molecular complexity index is 583. The minimum Gasteiger partial charge on any atom is -0.331 e. The van der Waals surface area contributed by atoms with Gasteiger partial charge in [0.1, 0.15) is 5.15 Å². The standard InChI is InChI=1S/C14H16ClNO/c1-4-8-16-13-9(2)6-5-7-11(13)12(10(3)17)14(16)15/h5-7H,4,8H2,1-3H3. The molecule has 0 amide bonds. The van der Waals surface area contributed by atoms with Gasteiger partial charge in [0.05, 0.1) is 11.1 Å². The van der Waals surface area contributed by atoms with E-state index in [1.807, 2.05) is 16.7 Å². The van der Waals surface area contributed by atoms with Crippen molar-refractivity contribution in [2.24, 2.45) is 0 Å². The van der Waals surface area contributed by atoms with E-state index in [0.29, 0.717) is 10.7 Å². The molecule has 2 nitrogen and oxygen atoms in total. The molecule has 3 heteroatoms. The number of aryl methyl sites for hydroxylation is 2. The number of Topliss-reactive ketones (excluding diaryl/α,β-unsaturated/α-hetero) is 1. The van der Waals surface area contributed by atoms with Crippen LogP contribution in [0.25, 0.3) is 10.9 Å². The van der Waals surface area contributed by atoms with Crippen LogP contribution in [0.2, 0.25) is 5.15 Å². The van der Waals surface area contributed by atoms with Crippen molar-refractivity contribution in [1.82, 2.24) is 4.57 Å². The highest BCUT2D eigenvalue weighted by Gasteiger charge is 2.19. The van der Waals surface area contributed by atoms with Crippen molar-refractivity contribution < 1.29 is 4.79 Å². The average Bonchev–Trinajstić information content (AvgIpc) is 2.54. The van der Waals surface area contributed by atoms with Crippen molar-refractivity contribution in [3.8, 4) is 0 Å². The van der Waals surface area contributed by atoms with Crippen molar-refractivity contribution >= 4 is 28.3 Å². The third kappa shape index (κ3) is 1.87. The van der Waals surface area contributed by atoms with E-state index in [1.54, 1.807) is 6.92 Å². The minimum absolute atomic E-state index is 0.0282. The zero-order valence-electron chi connectivity index (χ0n) is 10.4. The number of hydrogen-bond acceptors (Lipinski definition) is 1. The van der Waals surface area contributed by atoms with Gasteiger partial charge < -0.3 is 4.57 Å². The molecular formula is C14H16ClNO. The molecule has 0 N–H and O–H groups in total. The zero-order chi connectivity index (χ0) is 12.6. The van der Waals surface area contributed by atoms with Gasteiger partial charge in [-0.1, -0.05) is 36.7 Å². The maximum atomic E-state index is 11.7. The first kappa shape index (κ1) is 12.2. The topological polar surface area (TPSA) is 22.0 Å². The lowest BCUT2D eigenvalue weighted by atomic mass is 10.1. The Kier molecular flexibility index (Phi) is 3.25. The van der Waals surface area contributed by atoms with Crippen LogP contribution in [0, 0.1) is 6.92 Å². The van der Waals surface area contributed by atoms with Crippen LogP contribution in [0.5, 0.6) is 0 Å². The molecule has 0 spiro atoms. The fourth-order valence-corrected chi connectivity index (χ4v) is 2.74. The van der Waals surface area contributed by atoms with Crippen LogP contribution < -0.4 is 0 Å². The molecule has 90 valence electrons. The van der Waals surface area contributed by atoms with E-state index in [4.69, 9.17) is 11.6 Å². The van der Waals surface area contributed by atoms with E-state index in [1.165, 1.54) is 0 Å². The number of fused-ring (bicyclic) bond motifs is 1. The molecule has 0 aliphatic rings. The molecule has 1 aromatic heterocycles. The first-order valence-corrected chi connectivity index (χ1v) is 6.24. The van der Waals surface area contributed by atoms with Crippen LogP contribution >= 0.6 is 11.6 Å². The number of rotatable bonds is 3. The molecule has 0 unspecified atom stereocenters. The number of para-hydroxylation sites is 1. The summed E-state index contributed by atoms with van der Waals surface area (Å²) >= 11 is 6.34. The number of hydrogen-bond donors (Lipinski definition) is 0. The summed E-state index contributed by atoms with van der Waals surface area (Å²) in [5.74, 6) is 0.0282. The molecule has 0 bridgehead atoms. The molecule has 0 saturated heterocycles. The molecule has 0 radical (unpaired) electrons. The molecule has 0 saturated carbocycles. The van der Waals surface area contributed by atoms with Crippen LogP contribution in [-0.2, 0) is 6.54 Å². The number of ketones is 1. The lowest BCUT2D eigenvalue weighted by molar-refractivity contribution is 0.101. The first-order valence-electron chi connectivity index (χ1n) is 5.86. The molecule has 17 heavy (non-hydrogen) atoms. The van der Waals surface area contributed by atoms with Crippen molar-refractivity contribution in [3.63, 3.8) is 0 Å². The molecular weight excluding hydrogens is 234 g/mol. The summed E-state index contributed by atoms with van der Waals surface area (Å²) in [6.45, 7) is 6.56. The second-order valence-corrected chi connectivity index (χ2v) is 4.70. The Balaban J connectivity index is 2.88. The van der Waals surface area contributed by atoms with Crippen LogP contribution in [-0.4, -0.2) is 10.4 Å². The van der Waals surface area contributed by atoms with Gasteiger partial charge in [0.15, 0.2) is 5.78 Å². The Hall–Kier alpha value is -1.28. The number of aromatic nitrogens is 1. The Labute approximate surface area is 106 Å². The van der Waals surface area contributed by atoms with Crippen molar-refractivity contribution in [1.29, 1.82) is 0 Å². The van der Waals surface area contributed by atoms with Gasteiger partial charge in [0.25, 0.3) is 0 Å². The molecule has 0 aliphatic carbocycles. The van der Waals surface area contributed by atoms with Gasteiger partial charge in [-0.2, -0.15) is 0 Å². The highest BCUT2D eigenvalue weighted by Crippen LogP contribution is 2.32. The third-order valence-electron chi connectivity index (χ3n) is 3.02. The summed E-state index contributed by atoms with van der Waals surface area (Å²) in [6.07, 6.45) is 0.995. The van der Waals surface area contributed by atoms with Crippen LogP contribution in [0.1, 0.15) is 36.2 Å². The molecule has 2 rings (SSSR count). The zero-order valence-corrected chi connectivity index (χ0v) is 11.1. The maximum Gasteiger partial charge on any atom is 0.163 e. The van der Waals surface area contributed by atoms with Gasteiger partial charge >= 0.3 is 0 Å². The number of benzene rings is 1.